The molecule has 2 aromatic rings. The molecule has 0 aliphatic heterocycles. The molecule has 0 aliphatic carbocycles. The average Bonchev–Trinajstić information content (AvgIpc) is 2.47. The second-order valence-electron chi connectivity index (χ2n) is 2.79. The van der Waals surface area contributed by atoms with Crippen molar-refractivity contribution in [3.05, 3.63) is 17.7 Å². The van der Waals surface area contributed by atoms with Gasteiger partial charge in [0.25, 0.3) is 6.01 Å². The van der Waals surface area contributed by atoms with Gasteiger partial charge in [0.2, 0.25) is 0 Å². The number of nitrogens with zero attached hydrogens (tertiary/aromatic N) is 1. The van der Waals surface area contributed by atoms with Gasteiger partial charge in [-0.05, 0) is 19.1 Å². The Bertz CT molecular complexity index is 448. The molecule has 4 heteroatoms. The molecule has 0 bridgehead atoms. The van der Waals surface area contributed by atoms with E-state index >= 15 is 0 Å². The summed E-state index contributed by atoms with van der Waals surface area (Å²) in [5, 5.41) is 0. The molecule has 1 aromatic carbocycles. The summed E-state index contributed by atoms with van der Waals surface area (Å²) >= 11 is 0. The Morgan fingerprint density at radius 2 is 2.23 bits per heavy atom. The molecule has 0 amide bonds. The molecule has 1 heterocycles. The number of rotatable bonds is 1. The fourth-order valence-corrected chi connectivity index (χ4v) is 1.34. The highest BCUT2D eigenvalue weighted by Crippen LogP contribution is 2.27. The zero-order valence-electron chi connectivity index (χ0n) is 7.50. The van der Waals surface area contributed by atoms with Gasteiger partial charge in [0.1, 0.15) is 11.3 Å². The Hall–Kier alpha value is -1.71. The van der Waals surface area contributed by atoms with E-state index in [4.69, 9.17) is 14.9 Å². The summed E-state index contributed by atoms with van der Waals surface area (Å²) < 4.78 is 10.3. The molecule has 0 aliphatic rings. The van der Waals surface area contributed by atoms with Crippen molar-refractivity contribution in [3.63, 3.8) is 0 Å². The van der Waals surface area contributed by atoms with Crippen molar-refractivity contribution in [2.24, 2.45) is 0 Å². The van der Waals surface area contributed by atoms with Crippen LogP contribution in [0.15, 0.2) is 16.5 Å². The number of nitrogens with two attached hydrogens (primary N) is 1. The van der Waals surface area contributed by atoms with Crippen LogP contribution in [0, 0.1) is 6.92 Å². The monoisotopic (exact) mass is 178 g/mol. The van der Waals surface area contributed by atoms with Crippen LogP contribution in [-0.2, 0) is 0 Å². The number of aryl methyl sites for hydroxylation is 1. The van der Waals surface area contributed by atoms with E-state index in [0.29, 0.717) is 5.58 Å². The third-order valence-corrected chi connectivity index (χ3v) is 2.00. The molecule has 1 aromatic heterocycles. The maximum Gasteiger partial charge on any atom is 0.292 e. The van der Waals surface area contributed by atoms with Gasteiger partial charge in [0.15, 0.2) is 5.58 Å². The topological polar surface area (TPSA) is 61.3 Å². The van der Waals surface area contributed by atoms with Crippen molar-refractivity contribution in [2.45, 2.75) is 6.92 Å². The molecular formula is C9H10N2O2. The maximum absolute atomic E-state index is 5.43. The highest BCUT2D eigenvalue weighted by atomic mass is 16.5. The maximum atomic E-state index is 5.43. The summed E-state index contributed by atoms with van der Waals surface area (Å²) in [6.07, 6.45) is 0. The normalized spacial score (nSPS) is 10.6. The summed E-state index contributed by atoms with van der Waals surface area (Å²) in [6, 6.07) is 3.82. The summed E-state index contributed by atoms with van der Waals surface area (Å²) in [7, 11) is 1.62. The van der Waals surface area contributed by atoms with Gasteiger partial charge in [0.05, 0.1) is 7.11 Å². The number of aromatic nitrogens is 1. The second kappa shape index (κ2) is 2.65. The third kappa shape index (κ3) is 1.11. The Labute approximate surface area is 75.3 Å². The molecule has 0 spiro atoms. The van der Waals surface area contributed by atoms with E-state index in [9.17, 15) is 0 Å². The second-order valence-corrected chi connectivity index (χ2v) is 2.79. The molecule has 0 radical (unpaired) electrons. The lowest BCUT2D eigenvalue weighted by molar-refractivity contribution is 0.412. The van der Waals surface area contributed by atoms with Crippen LogP contribution in [0.4, 0.5) is 6.01 Å². The van der Waals surface area contributed by atoms with Crippen molar-refractivity contribution in [1.29, 1.82) is 0 Å². The van der Waals surface area contributed by atoms with Gasteiger partial charge in [-0.2, -0.15) is 4.98 Å². The number of ether oxygens (including phenoxy) is 1. The lowest BCUT2D eigenvalue weighted by atomic mass is 10.2. The fraction of sp³-hybridized carbons (Fsp3) is 0.222. The Kier molecular flexibility index (Phi) is 1.62. The van der Waals surface area contributed by atoms with Gasteiger partial charge in [-0.25, -0.2) is 0 Å². The van der Waals surface area contributed by atoms with Crippen molar-refractivity contribution in [1.82, 2.24) is 4.98 Å². The first-order valence-electron chi connectivity index (χ1n) is 3.92. The van der Waals surface area contributed by atoms with E-state index in [-0.39, 0.29) is 6.01 Å². The first kappa shape index (κ1) is 7.91. The molecule has 4 nitrogen and oxygen atoms in total. The van der Waals surface area contributed by atoms with Crippen LogP contribution in [-0.4, -0.2) is 12.1 Å². The van der Waals surface area contributed by atoms with Gasteiger partial charge in [-0.15, -0.1) is 0 Å². The average molecular weight is 178 g/mol. The van der Waals surface area contributed by atoms with Crippen LogP contribution in [0.5, 0.6) is 5.75 Å². The summed E-state index contributed by atoms with van der Waals surface area (Å²) in [4.78, 5) is 4.05. The minimum Gasteiger partial charge on any atom is -0.496 e. The number of oxazole rings is 1. The Morgan fingerprint density at radius 1 is 1.46 bits per heavy atom. The van der Waals surface area contributed by atoms with Crippen molar-refractivity contribution in [3.8, 4) is 5.75 Å². The first-order chi connectivity index (χ1) is 6.22. The van der Waals surface area contributed by atoms with Gasteiger partial charge in [0, 0.05) is 5.56 Å². The quantitative estimate of drug-likeness (QED) is 0.722. The predicted molar refractivity (Wildman–Crippen MR) is 49.7 cm³/mol. The third-order valence-electron chi connectivity index (χ3n) is 2.00. The molecule has 0 saturated heterocycles. The van der Waals surface area contributed by atoms with Crippen LogP contribution in [0.1, 0.15) is 5.56 Å². The Balaban J connectivity index is 2.78. The van der Waals surface area contributed by atoms with Gasteiger partial charge in [-0.3, -0.25) is 0 Å². The molecular weight excluding hydrogens is 168 g/mol. The van der Waals surface area contributed by atoms with Crippen molar-refractivity contribution in [2.75, 3.05) is 12.8 Å². The van der Waals surface area contributed by atoms with Crippen LogP contribution in [0.3, 0.4) is 0 Å². The molecule has 13 heavy (non-hydrogen) atoms. The van der Waals surface area contributed by atoms with E-state index in [1.165, 1.54) is 0 Å². The smallest absolute Gasteiger partial charge is 0.292 e. The highest BCUT2D eigenvalue weighted by Gasteiger charge is 2.08. The molecule has 0 atom stereocenters. The lowest BCUT2D eigenvalue weighted by Crippen LogP contribution is -1.87. The zero-order valence-corrected chi connectivity index (χ0v) is 7.50. The summed E-state index contributed by atoms with van der Waals surface area (Å²) in [5.74, 6) is 0.792. The van der Waals surface area contributed by atoms with Crippen LogP contribution in [0.25, 0.3) is 11.1 Å². The minimum atomic E-state index is 0.186. The number of benzene rings is 1. The van der Waals surface area contributed by atoms with Gasteiger partial charge >= 0.3 is 0 Å². The summed E-state index contributed by atoms with van der Waals surface area (Å²) in [6.45, 7) is 1.92. The molecule has 68 valence electrons. The zero-order chi connectivity index (χ0) is 9.42. The van der Waals surface area contributed by atoms with E-state index in [1.54, 1.807) is 13.2 Å². The summed E-state index contributed by atoms with van der Waals surface area (Å²) in [5.41, 5.74) is 7.83. The Morgan fingerprint density at radius 3 is 2.92 bits per heavy atom. The minimum absolute atomic E-state index is 0.186. The van der Waals surface area contributed by atoms with Crippen molar-refractivity contribution < 1.29 is 9.15 Å². The number of anilines is 1. The van der Waals surface area contributed by atoms with E-state index in [0.717, 1.165) is 16.8 Å². The predicted octanol–water partition coefficient (Wildman–Crippen LogP) is 1.73. The van der Waals surface area contributed by atoms with Gasteiger partial charge < -0.3 is 14.9 Å². The molecule has 0 fully saturated rings. The number of methoxy groups -OCH3 is 1. The standard InChI is InChI=1S/C9H10N2O2/c1-5-6(12-2)3-4-7-8(5)11-9(10)13-7/h3-4H,1-2H3,(H2,10,11). The van der Waals surface area contributed by atoms with E-state index in [1.807, 2.05) is 13.0 Å². The van der Waals surface area contributed by atoms with Crippen LogP contribution in [0.2, 0.25) is 0 Å². The first-order valence-corrected chi connectivity index (χ1v) is 3.92. The largest absolute Gasteiger partial charge is 0.496 e. The number of hydrogen-bond acceptors (Lipinski definition) is 4. The highest BCUT2D eigenvalue weighted by molar-refractivity contribution is 5.80. The molecule has 0 unspecified atom stereocenters. The van der Waals surface area contributed by atoms with Crippen LogP contribution < -0.4 is 10.5 Å². The lowest BCUT2D eigenvalue weighted by Gasteiger charge is -2.02. The number of nitrogen functional groups attached to an aromatic ring is 1. The van der Waals surface area contributed by atoms with E-state index < -0.39 is 0 Å². The van der Waals surface area contributed by atoms with Gasteiger partial charge in [-0.1, -0.05) is 0 Å². The molecule has 2 N–H and O–H groups in total. The SMILES string of the molecule is COc1ccc2oc(N)nc2c1C. The van der Waals surface area contributed by atoms with Crippen molar-refractivity contribution >= 4 is 17.1 Å². The number of hydrogen-bond donors (Lipinski definition) is 1. The van der Waals surface area contributed by atoms with E-state index in [2.05, 4.69) is 4.98 Å². The molecule has 0 saturated carbocycles. The number of fused-ring (bicyclic) bond motifs is 1. The fourth-order valence-electron chi connectivity index (χ4n) is 1.34. The molecule has 2 rings (SSSR count). The van der Waals surface area contributed by atoms with Crippen LogP contribution >= 0.6 is 0 Å².